The summed E-state index contributed by atoms with van der Waals surface area (Å²) < 4.78 is 0. The number of H-pyrrole nitrogens is 1. The van der Waals surface area contributed by atoms with Gasteiger partial charge in [-0.15, -0.1) is 0 Å². The minimum atomic E-state index is -0.400. The van der Waals surface area contributed by atoms with Gasteiger partial charge in [0.15, 0.2) is 0 Å². The summed E-state index contributed by atoms with van der Waals surface area (Å²) in [7, 11) is 0. The Morgan fingerprint density at radius 2 is 1.94 bits per heavy atom. The van der Waals surface area contributed by atoms with Gasteiger partial charge in [-0.25, -0.2) is 10.4 Å². The van der Waals surface area contributed by atoms with E-state index in [1.165, 1.54) is 6.07 Å². The van der Waals surface area contributed by atoms with Crippen LogP contribution in [0, 0.1) is 0 Å². The number of hydrogen-bond donors (Lipinski definition) is 4. The van der Waals surface area contributed by atoms with Gasteiger partial charge >= 0.3 is 0 Å². The lowest BCUT2D eigenvalue weighted by Crippen LogP contribution is -2.25. The van der Waals surface area contributed by atoms with Crippen LogP contribution < -0.4 is 11.0 Å². The normalized spacial score (nSPS) is 10.5. The Balaban J connectivity index is 2.42. The molecule has 17 heavy (non-hydrogen) atoms. The van der Waals surface area contributed by atoms with Gasteiger partial charge in [0.1, 0.15) is 0 Å². The average molecular weight is 234 g/mol. The Kier molecular flexibility index (Phi) is 3.15. The number of aromatic nitrogens is 2. The Morgan fingerprint density at radius 1 is 1.24 bits per heavy atom. The van der Waals surface area contributed by atoms with E-state index in [0.717, 1.165) is 5.56 Å². The van der Waals surface area contributed by atoms with E-state index in [1.807, 2.05) is 23.6 Å². The van der Waals surface area contributed by atoms with E-state index >= 15 is 0 Å². The number of aromatic amines is 1. The lowest BCUT2D eigenvalue weighted by molar-refractivity contribution is -0.288. The van der Waals surface area contributed by atoms with Gasteiger partial charge < -0.3 is 0 Å². The maximum absolute atomic E-state index is 11.3. The number of hydrogen-bond acceptors (Lipinski definition) is 6. The minimum Gasteiger partial charge on any atom is -0.292 e. The van der Waals surface area contributed by atoms with Crippen LogP contribution in [-0.2, 0) is 0 Å². The van der Waals surface area contributed by atoms with Gasteiger partial charge in [0.2, 0.25) is 5.95 Å². The fraction of sp³-hybridized carbons (Fsp3) is 0. The summed E-state index contributed by atoms with van der Waals surface area (Å²) in [5.41, 5.74) is 2.82. The third-order valence-corrected chi connectivity index (χ3v) is 2.02. The topological polar surface area (TPSA) is 101 Å². The van der Waals surface area contributed by atoms with Crippen molar-refractivity contribution in [3.63, 3.8) is 0 Å². The quantitative estimate of drug-likeness (QED) is 0.587. The first kappa shape index (κ1) is 11.3. The first-order valence-corrected chi connectivity index (χ1v) is 4.76. The van der Waals surface area contributed by atoms with Crippen LogP contribution >= 0.6 is 0 Å². The molecular weight excluding hydrogens is 224 g/mol. The van der Waals surface area contributed by atoms with Gasteiger partial charge in [-0.3, -0.25) is 20.2 Å². The molecule has 7 nitrogen and oxygen atoms in total. The molecule has 7 heteroatoms. The zero-order valence-electron chi connectivity index (χ0n) is 8.66. The summed E-state index contributed by atoms with van der Waals surface area (Å²) in [6.07, 6.45) is 0. The van der Waals surface area contributed by atoms with Crippen LogP contribution in [0.4, 0.5) is 5.95 Å². The third kappa shape index (κ3) is 2.88. The van der Waals surface area contributed by atoms with Crippen LogP contribution in [0.1, 0.15) is 0 Å². The molecule has 0 amide bonds. The number of benzene rings is 1. The van der Waals surface area contributed by atoms with E-state index in [-0.39, 0.29) is 11.3 Å². The van der Waals surface area contributed by atoms with Gasteiger partial charge in [-0.1, -0.05) is 30.3 Å². The molecule has 0 unspecified atom stereocenters. The van der Waals surface area contributed by atoms with Gasteiger partial charge in [0.25, 0.3) is 5.56 Å². The molecule has 4 N–H and O–H groups in total. The standard InChI is InChI=1S/C10H10N4O3/c15-9-6-8(7-4-2-1-3-5-7)11-10(12-9)13-14(16)17/h1-6,16-17H,(H2,11,12,13,15). The highest BCUT2D eigenvalue weighted by atomic mass is 16.8. The number of rotatable bonds is 3. The van der Waals surface area contributed by atoms with Gasteiger partial charge in [0, 0.05) is 17.0 Å². The van der Waals surface area contributed by atoms with Crippen LogP contribution in [0.5, 0.6) is 0 Å². The molecule has 1 aromatic heterocycles. The number of hydrazine groups is 1. The Labute approximate surface area is 95.9 Å². The summed E-state index contributed by atoms with van der Waals surface area (Å²) in [6, 6.07) is 10.4. The van der Waals surface area contributed by atoms with Crippen LogP contribution in [0.15, 0.2) is 41.2 Å². The number of nitrogens with one attached hydrogen (secondary N) is 2. The van der Waals surface area contributed by atoms with Gasteiger partial charge in [0.05, 0.1) is 5.69 Å². The lowest BCUT2D eigenvalue weighted by Gasteiger charge is -2.08. The van der Waals surface area contributed by atoms with E-state index in [9.17, 15) is 4.79 Å². The van der Waals surface area contributed by atoms with Crippen molar-refractivity contribution in [1.82, 2.24) is 15.3 Å². The highest BCUT2D eigenvalue weighted by molar-refractivity contribution is 5.59. The Morgan fingerprint density at radius 3 is 2.59 bits per heavy atom. The molecule has 0 fully saturated rings. The highest BCUT2D eigenvalue weighted by Gasteiger charge is 2.04. The second kappa shape index (κ2) is 4.74. The smallest absolute Gasteiger partial charge is 0.252 e. The predicted molar refractivity (Wildman–Crippen MR) is 59.3 cm³/mol. The van der Waals surface area contributed by atoms with Crippen molar-refractivity contribution >= 4 is 5.95 Å². The predicted octanol–water partition coefficient (Wildman–Crippen LogP) is 0.844. The van der Waals surface area contributed by atoms with Crippen molar-refractivity contribution in [1.29, 1.82) is 0 Å². The molecule has 1 heterocycles. The van der Waals surface area contributed by atoms with Crippen LogP contribution in [0.3, 0.4) is 0 Å². The second-order valence-electron chi connectivity index (χ2n) is 3.25. The van der Waals surface area contributed by atoms with Crippen molar-refractivity contribution in [2.75, 3.05) is 5.43 Å². The van der Waals surface area contributed by atoms with Crippen molar-refractivity contribution in [2.45, 2.75) is 0 Å². The maximum Gasteiger partial charge on any atom is 0.252 e. The van der Waals surface area contributed by atoms with Crippen molar-refractivity contribution in [2.24, 2.45) is 0 Å². The second-order valence-corrected chi connectivity index (χ2v) is 3.25. The molecule has 0 saturated carbocycles. The molecule has 0 aliphatic heterocycles. The van der Waals surface area contributed by atoms with Gasteiger partial charge in [-0.05, 0) is 0 Å². The van der Waals surface area contributed by atoms with Crippen LogP contribution in [0.2, 0.25) is 0 Å². The maximum atomic E-state index is 11.3. The molecule has 0 saturated heterocycles. The fourth-order valence-corrected chi connectivity index (χ4v) is 1.36. The number of nitrogens with zero attached hydrogens (tertiary/aromatic N) is 2. The fourth-order valence-electron chi connectivity index (χ4n) is 1.36. The van der Waals surface area contributed by atoms with E-state index in [0.29, 0.717) is 5.69 Å². The molecule has 88 valence electrons. The van der Waals surface area contributed by atoms with E-state index in [4.69, 9.17) is 10.4 Å². The highest BCUT2D eigenvalue weighted by Crippen LogP contribution is 2.15. The van der Waals surface area contributed by atoms with E-state index in [1.54, 1.807) is 12.1 Å². The van der Waals surface area contributed by atoms with Crippen molar-refractivity contribution in [3.8, 4) is 11.3 Å². The largest absolute Gasteiger partial charge is 0.292 e. The van der Waals surface area contributed by atoms with Crippen molar-refractivity contribution < 1.29 is 10.4 Å². The van der Waals surface area contributed by atoms with Gasteiger partial charge in [-0.2, -0.15) is 0 Å². The molecule has 0 atom stereocenters. The average Bonchev–Trinajstić information content (AvgIpc) is 2.28. The molecule has 1 aromatic carbocycles. The summed E-state index contributed by atoms with van der Waals surface area (Å²) in [6.45, 7) is 0. The first-order valence-electron chi connectivity index (χ1n) is 4.76. The summed E-state index contributed by atoms with van der Waals surface area (Å²) in [5, 5.41) is 16.9. The zero-order chi connectivity index (χ0) is 12.3. The first-order chi connectivity index (χ1) is 8.15. The van der Waals surface area contributed by atoms with Crippen LogP contribution in [-0.4, -0.2) is 25.7 Å². The molecule has 0 bridgehead atoms. The molecule has 0 aliphatic carbocycles. The summed E-state index contributed by atoms with van der Waals surface area (Å²) in [5.74, 6) is -0.0682. The molecule has 0 radical (unpaired) electrons. The number of anilines is 1. The molecular formula is C10H10N4O3. The monoisotopic (exact) mass is 234 g/mol. The van der Waals surface area contributed by atoms with E-state index < -0.39 is 5.56 Å². The Bertz CT molecular complexity index is 553. The van der Waals surface area contributed by atoms with E-state index in [2.05, 4.69) is 9.97 Å². The summed E-state index contributed by atoms with van der Waals surface area (Å²) in [4.78, 5) is 17.7. The molecule has 0 aliphatic rings. The third-order valence-electron chi connectivity index (χ3n) is 2.02. The molecule has 2 rings (SSSR count). The minimum absolute atomic E-state index is 0.0682. The SMILES string of the molecule is O=c1cc(-c2ccccc2)nc(NN(O)O)[nH]1. The molecule has 0 spiro atoms. The lowest BCUT2D eigenvalue weighted by atomic mass is 10.1. The van der Waals surface area contributed by atoms with Crippen molar-refractivity contribution in [3.05, 3.63) is 46.8 Å². The summed E-state index contributed by atoms with van der Waals surface area (Å²) >= 11 is 0. The molecule has 2 aromatic rings. The van der Waals surface area contributed by atoms with Crippen LogP contribution in [0.25, 0.3) is 11.3 Å². The zero-order valence-corrected chi connectivity index (χ0v) is 8.66. The Hall–Kier alpha value is -2.22.